The lowest BCUT2D eigenvalue weighted by molar-refractivity contribution is -0.242. The lowest BCUT2D eigenvalue weighted by Crippen LogP contribution is -2.55. The van der Waals surface area contributed by atoms with Gasteiger partial charge in [-0.1, -0.05) is 0 Å². The molecule has 1 atom stereocenters. The van der Waals surface area contributed by atoms with Gasteiger partial charge < -0.3 is 4.74 Å². The maximum atomic E-state index is 11.3. The predicted molar refractivity (Wildman–Crippen MR) is 52.7 cm³/mol. The second-order valence-electron chi connectivity index (χ2n) is 4.41. The van der Waals surface area contributed by atoms with Crippen LogP contribution in [0.15, 0.2) is 0 Å². The Morgan fingerprint density at radius 2 is 1.93 bits per heavy atom. The summed E-state index contributed by atoms with van der Waals surface area (Å²) in [6, 6.07) is 0. The minimum absolute atomic E-state index is 0.0216. The van der Waals surface area contributed by atoms with Crippen molar-refractivity contribution in [3.63, 3.8) is 0 Å². The van der Waals surface area contributed by atoms with E-state index < -0.39 is 27.0 Å². The van der Waals surface area contributed by atoms with Gasteiger partial charge in [0.2, 0.25) is 5.44 Å². The van der Waals surface area contributed by atoms with Gasteiger partial charge in [0, 0.05) is 6.26 Å². The molecule has 1 fully saturated rings. The van der Waals surface area contributed by atoms with Gasteiger partial charge in [-0.2, -0.15) is 5.06 Å². The molecule has 1 saturated heterocycles. The first-order chi connectivity index (χ1) is 6.59. The monoisotopic (exact) mass is 237 g/mol. The van der Waals surface area contributed by atoms with Gasteiger partial charge in [-0.25, -0.2) is 18.0 Å². The molecule has 0 aliphatic carbocycles. The number of hydrogen-bond donors (Lipinski definition) is 0. The number of hydrogen-bond acceptors (Lipinski definition) is 5. The molecule has 1 rings (SSSR count). The van der Waals surface area contributed by atoms with Crippen LogP contribution in [0, 0.1) is 0 Å². The molecule has 1 aliphatic rings. The summed E-state index contributed by atoms with van der Waals surface area (Å²) in [6.45, 7) is 5.18. The Labute approximate surface area is 89.0 Å². The van der Waals surface area contributed by atoms with Gasteiger partial charge in [0.15, 0.2) is 9.84 Å². The summed E-state index contributed by atoms with van der Waals surface area (Å²) in [5.74, 6) is 0. The maximum Gasteiger partial charge on any atom is 0.434 e. The van der Waals surface area contributed by atoms with Crippen molar-refractivity contribution in [3.05, 3.63) is 0 Å². The minimum Gasteiger partial charge on any atom is -0.442 e. The topological polar surface area (TPSA) is 72.9 Å². The van der Waals surface area contributed by atoms with Crippen LogP contribution in [0.4, 0.5) is 4.79 Å². The third-order valence-electron chi connectivity index (χ3n) is 1.63. The molecule has 15 heavy (non-hydrogen) atoms. The van der Waals surface area contributed by atoms with E-state index in [9.17, 15) is 13.2 Å². The third-order valence-corrected chi connectivity index (χ3v) is 2.82. The van der Waals surface area contributed by atoms with Crippen LogP contribution in [0.1, 0.15) is 20.8 Å². The van der Waals surface area contributed by atoms with Crippen LogP contribution < -0.4 is 0 Å². The van der Waals surface area contributed by atoms with Crippen LogP contribution in [0.2, 0.25) is 0 Å². The summed E-state index contributed by atoms with van der Waals surface area (Å²) < 4.78 is 26.9. The highest BCUT2D eigenvalue weighted by Gasteiger charge is 2.41. The molecule has 0 bridgehead atoms. The molecule has 6 nitrogen and oxygen atoms in total. The fourth-order valence-corrected chi connectivity index (χ4v) is 1.58. The normalized spacial score (nSPS) is 22.1. The van der Waals surface area contributed by atoms with Gasteiger partial charge in [0.05, 0.1) is 6.54 Å². The van der Waals surface area contributed by atoms with Crippen LogP contribution in [-0.4, -0.2) is 43.4 Å². The number of hydroxylamine groups is 2. The molecule has 1 heterocycles. The fourth-order valence-electron chi connectivity index (χ4n) is 0.913. The van der Waals surface area contributed by atoms with Crippen molar-refractivity contribution in [2.75, 3.05) is 12.8 Å². The molecule has 0 spiro atoms. The van der Waals surface area contributed by atoms with Crippen molar-refractivity contribution < 1.29 is 22.8 Å². The largest absolute Gasteiger partial charge is 0.442 e. The van der Waals surface area contributed by atoms with Gasteiger partial charge in [-0.3, -0.25) is 0 Å². The SMILES string of the molecule is CC(C)(C)OC(=O)N1CC(S(C)(=O)=O)O1. The van der Waals surface area contributed by atoms with Crippen molar-refractivity contribution in [1.29, 1.82) is 0 Å². The van der Waals surface area contributed by atoms with E-state index in [2.05, 4.69) is 0 Å². The lowest BCUT2D eigenvalue weighted by atomic mass is 10.2. The zero-order valence-electron chi connectivity index (χ0n) is 9.18. The van der Waals surface area contributed by atoms with E-state index in [1.807, 2.05) is 0 Å². The summed E-state index contributed by atoms with van der Waals surface area (Å²) in [5, 5.41) is 0.900. The molecular weight excluding hydrogens is 222 g/mol. The number of nitrogens with zero attached hydrogens (tertiary/aromatic N) is 1. The number of rotatable bonds is 1. The summed E-state index contributed by atoms with van der Waals surface area (Å²) in [4.78, 5) is 16.1. The molecule has 0 saturated carbocycles. The highest BCUT2D eigenvalue weighted by molar-refractivity contribution is 7.91. The zero-order valence-corrected chi connectivity index (χ0v) is 10.00. The first kappa shape index (κ1) is 12.3. The van der Waals surface area contributed by atoms with E-state index in [0.717, 1.165) is 11.3 Å². The van der Waals surface area contributed by atoms with E-state index >= 15 is 0 Å². The molecule has 0 aromatic carbocycles. The van der Waals surface area contributed by atoms with E-state index in [1.165, 1.54) is 0 Å². The average Bonchev–Trinajstić information content (AvgIpc) is 1.72. The number of sulfone groups is 1. The minimum atomic E-state index is -3.25. The third kappa shape index (κ3) is 3.35. The molecule has 1 amide bonds. The van der Waals surface area contributed by atoms with Gasteiger partial charge in [0.1, 0.15) is 5.60 Å². The molecule has 0 N–H and O–H groups in total. The van der Waals surface area contributed by atoms with Gasteiger partial charge in [-0.05, 0) is 20.8 Å². The second-order valence-corrected chi connectivity index (χ2v) is 6.59. The smallest absolute Gasteiger partial charge is 0.434 e. The quantitative estimate of drug-likeness (QED) is 0.665. The molecule has 1 aliphatic heterocycles. The second kappa shape index (κ2) is 3.64. The van der Waals surface area contributed by atoms with Gasteiger partial charge >= 0.3 is 6.09 Å². The molecule has 0 radical (unpaired) electrons. The van der Waals surface area contributed by atoms with Crippen molar-refractivity contribution in [2.45, 2.75) is 31.8 Å². The van der Waals surface area contributed by atoms with Gasteiger partial charge in [0.25, 0.3) is 0 Å². The lowest BCUT2D eigenvalue weighted by Gasteiger charge is -2.37. The Hall–Kier alpha value is -0.820. The highest BCUT2D eigenvalue weighted by Crippen LogP contribution is 2.20. The standard InChI is InChI=1S/C8H15NO5S/c1-8(2,3)13-7(10)9-5-6(14-9)15(4,11)12/h6H,5H2,1-4H3. The van der Waals surface area contributed by atoms with Crippen LogP contribution in [-0.2, 0) is 19.4 Å². The Morgan fingerprint density at radius 3 is 2.27 bits per heavy atom. The maximum absolute atomic E-state index is 11.3. The molecule has 1 unspecified atom stereocenters. The zero-order chi connectivity index (χ0) is 11.9. The predicted octanol–water partition coefficient (Wildman–Crippen LogP) is 0.539. The van der Waals surface area contributed by atoms with Crippen molar-refractivity contribution in [2.24, 2.45) is 0 Å². The van der Waals surface area contributed by atoms with E-state index in [4.69, 9.17) is 9.57 Å². The summed E-state index contributed by atoms with van der Waals surface area (Å²) >= 11 is 0. The summed E-state index contributed by atoms with van der Waals surface area (Å²) in [7, 11) is -3.25. The number of ether oxygens (including phenoxy) is 1. The molecular formula is C8H15NO5S. The van der Waals surface area contributed by atoms with Crippen LogP contribution in [0.5, 0.6) is 0 Å². The number of carbonyl (C=O) groups excluding carboxylic acids is 1. The van der Waals surface area contributed by atoms with E-state index in [-0.39, 0.29) is 6.54 Å². The van der Waals surface area contributed by atoms with E-state index in [0.29, 0.717) is 0 Å². The van der Waals surface area contributed by atoms with Crippen LogP contribution in [0.3, 0.4) is 0 Å². The number of carbonyl (C=O) groups is 1. The first-order valence-electron chi connectivity index (χ1n) is 4.46. The molecule has 88 valence electrons. The van der Waals surface area contributed by atoms with Crippen LogP contribution >= 0.6 is 0 Å². The Kier molecular flexibility index (Phi) is 2.97. The van der Waals surface area contributed by atoms with Gasteiger partial charge in [-0.15, -0.1) is 0 Å². The van der Waals surface area contributed by atoms with Crippen molar-refractivity contribution in [3.8, 4) is 0 Å². The Balaban J connectivity index is 2.43. The van der Waals surface area contributed by atoms with E-state index in [1.54, 1.807) is 20.8 Å². The summed E-state index contributed by atoms with van der Waals surface area (Å²) in [6.07, 6.45) is 0.395. The highest BCUT2D eigenvalue weighted by atomic mass is 32.2. The average molecular weight is 237 g/mol. The first-order valence-corrected chi connectivity index (χ1v) is 6.41. The molecule has 0 aromatic heterocycles. The Bertz CT molecular complexity index is 350. The fraction of sp³-hybridized carbons (Fsp3) is 0.875. The summed E-state index contributed by atoms with van der Waals surface area (Å²) in [5.41, 5.74) is -1.54. The number of amides is 1. The Morgan fingerprint density at radius 1 is 1.47 bits per heavy atom. The van der Waals surface area contributed by atoms with Crippen molar-refractivity contribution in [1.82, 2.24) is 5.06 Å². The molecule has 0 aromatic rings. The molecule has 7 heteroatoms. The van der Waals surface area contributed by atoms with Crippen LogP contribution in [0.25, 0.3) is 0 Å². The van der Waals surface area contributed by atoms with Crippen molar-refractivity contribution >= 4 is 15.9 Å².